The van der Waals surface area contributed by atoms with Gasteiger partial charge >= 0.3 is 0 Å². The first-order valence-corrected chi connectivity index (χ1v) is 15.2. The molecule has 0 bridgehead atoms. The maximum absolute atomic E-state index is 10.9. The predicted molar refractivity (Wildman–Crippen MR) is 153 cm³/mol. The molecule has 0 saturated carbocycles. The Labute approximate surface area is 235 Å². The molecule has 1 heterocycles. The largest absolute Gasteiger partial charge is 0.403 e. The van der Waals surface area contributed by atoms with Crippen LogP contribution < -0.4 is 10.4 Å². The van der Waals surface area contributed by atoms with Crippen LogP contribution in [-0.2, 0) is 26.3 Å². The molecule has 210 valence electrons. The molecule has 39 heavy (non-hydrogen) atoms. The van der Waals surface area contributed by atoms with Crippen molar-refractivity contribution in [1.82, 2.24) is 0 Å². The Bertz CT molecular complexity index is 1200. The molecular weight excluding hydrogens is 536 g/mol. The van der Waals surface area contributed by atoms with Crippen LogP contribution in [0.25, 0.3) is 0 Å². The maximum Gasteiger partial charge on any atom is 0.261 e. The van der Waals surface area contributed by atoms with E-state index in [2.05, 4.69) is 45.0 Å². The summed E-state index contributed by atoms with van der Waals surface area (Å²) < 4.78 is 18.5. The molecular formula is C30H37ClO7Si. The Morgan fingerprint density at radius 1 is 0.897 bits per heavy atom. The van der Waals surface area contributed by atoms with Gasteiger partial charge in [-0.05, 0) is 33.1 Å². The number of aliphatic hydroxyl groups is 4. The molecule has 1 saturated heterocycles. The van der Waals surface area contributed by atoms with Crippen LogP contribution in [0.4, 0.5) is 0 Å². The molecule has 5 atom stereocenters. The van der Waals surface area contributed by atoms with Crippen molar-refractivity contribution >= 4 is 30.3 Å². The van der Waals surface area contributed by atoms with Gasteiger partial charge in [0.2, 0.25) is 5.79 Å². The molecule has 7 nitrogen and oxygen atoms in total. The third-order valence-corrected chi connectivity index (χ3v) is 12.9. The summed E-state index contributed by atoms with van der Waals surface area (Å²) in [7, 11) is -1.54. The number of benzene rings is 3. The van der Waals surface area contributed by atoms with Crippen LogP contribution in [0.15, 0.2) is 78.9 Å². The topological polar surface area (TPSA) is 109 Å². The van der Waals surface area contributed by atoms with Crippen LogP contribution in [0.3, 0.4) is 0 Å². The van der Waals surface area contributed by atoms with Crippen LogP contribution in [0.5, 0.6) is 0 Å². The minimum atomic E-state index is -2.87. The third-order valence-electron chi connectivity index (χ3n) is 7.56. The summed E-state index contributed by atoms with van der Waals surface area (Å²) in [6.07, 6.45) is -5.90. The van der Waals surface area contributed by atoms with Crippen molar-refractivity contribution in [3.63, 3.8) is 0 Å². The van der Waals surface area contributed by atoms with Gasteiger partial charge in [-0.1, -0.05) is 99.1 Å². The highest BCUT2D eigenvalue weighted by atomic mass is 35.5. The lowest BCUT2D eigenvalue weighted by atomic mass is 9.87. The highest BCUT2D eigenvalue weighted by Gasteiger charge is 2.55. The molecule has 4 rings (SSSR count). The van der Waals surface area contributed by atoms with Gasteiger partial charge in [0.05, 0.1) is 13.2 Å². The van der Waals surface area contributed by atoms with E-state index in [0.29, 0.717) is 16.1 Å². The van der Waals surface area contributed by atoms with E-state index in [-0.39, 0.29) is 11.6 Å². The number of halogens is 1. The molecule has 3 unspecified atom stereocenters. The highest BCUT2D eigenvalue weighted by Crippen LogP contribution is 2.41. The van der Waals surface area contributed by atoms with E-state index >= 15 is 0 Å². The number of hydrogen-bond donors (Lipinski definition) is 4. The zero-order chi connectivity index (χ0) is 28.4. The second-order valence-electron chi connectivity index (χ2n) is 10.9. The van der Waals surface area contributed by atoms with Crippen LogP contribution in [-0.4, -0.2) is 66.9 Å². The Morgan fingerprint density at radius 3 is 1.95 bits per heavy atom. The highest BCUT2D eigenvalue weighted by molar-refractivity contribution is 6.99. The van der Waals surface area contributed by atoms with Gasteiger partial charge in [-0.2, -0.15) is 0 Å². The second-order valence-corrected chi connectivity index (χ2v) is 15.6. The average molecular weight is 573 g/mol. The van der Waals surface area contributed by atoms with Crippen molar-refractivity contribution in [2.45, 2.75) is 62.6 Å². The molecule has 9 heteroatoms. The molecule has 3 aromatic rings. The van der Waals surface area contributed by atoms with Crippen LogP contribution in [0, 0.1) is 0 Å². The van der Waals surface area contributed by atoms with Gasteiger partial charge in [-0.3, -0.25) is 0 Å². The first kappa shape index (κ1) is 29.9. The molecule has 1 aliphatic heterocycles. The van der Waals surface area contributed by atoms with Crippen molar-refractivity contribution in [1.29, 1.82) is 0 Å². The summed E-state index contributed by atoms with van der Waals surface area (Å²) in [6, 6.07) is 25.5. The number of aliphatic hydroxyl groups excluding tert-OH is 4. The summed E-state index contributed by atoms with van der Waals surface area (Å²) in [5.41, 5.74) is 1.00. The number of ether oxygens (including phenoxy) is 2. The first-order chi connectivity index (χ1) is 18.5. The smallest absolute Gasteiger partial charge is 0.261 e. The standard InChI is InChI=1S/C30H37ClO7Si/c1-29(2,3)39(22-11-7-5-8-12-22,23-13-9-6-10-14-23)37-19-20-17-21(15-16-24(20)31)30(36-4)28(35)27(34)26(33)25(18-32)38-30/h5-17,25-28,32-35H,18-19H2,1-4H3/t25?,26-,27+,28?,30?/m1/s1. The van der Waals surface area contributed by atoms with Gasteiger partial charge in [0.1, 0.15) is 24.4 Å². The van der Waals surface area contributed by atoms with Crippen LogP contribution in [0.2, 0.25) is 10.1 Å². The Kier molecular flexibility index (Phi) is 9.02. The van der Waals surface area contributed by atoms with Crippen molar-refractivity contribution in [2.75, 3.05) is 13.7 Å². The van der Waals surface area contributed by atoms with E-state index in [1.54, 1.807) is 18.2 Å². The maximum atomic E-state index is 10.9. The monoisotopic (exact) mass is 572 g/mol. The van der Waals surface area contributed by atoms with E-state index in [0.717, 1.165) is 10.4 Å². The van der Waals surface area contributed by atoms with Crippen LogP contribution in [0.1, 0.15) is 31.9 Å². The van der Waals surface area contributed by atoms with E-state index in [1.807, 2.05) is 36.4 Å². The fourth-order valence-electron chi connectivity index (χ4n) is 5.52. The molecule has 3 aromatic carbocycles. The van der Waals surface area contributed by atoms with Crippen molar-refractivity contribution in [3.8, 4) is 0 Å². The molecule has 0 aliphatic carbocycles. The average Bonchev–Trinajstić information content (AvgIpc) is 2.94. The van der Waals surface area contributed by atoms with E-state index in [9.17, 15) is 20.4 Å². The zero-order valence-corrected chi connectivity index (χ0v) is 24.4. The minimum absolute atomic E-state index is 0.157. The van der Waals surface area contributed by atoms with Crippen molar-refractivity contribution in [3.05, 3.63) is 95.0 Å². The van der Waals surface area contributed by atoms with Gasteiger partial charge in [0.15, 0.2) is 0 Å². The van der Waals surface area contributed by atoms with E-state index in [4.69, 9.17) is 25.5 Å². The van der Waals surface area contributed by atoms with E-state index < -0.39 is 45.1 Å². The lowest BCUT2D eigenvalue weighted by molar-refractivity contribution is -0.366. The summed E-state index contributed by atoms with van der Waals surface area (Å²) in [6.45, 7) is 6.14. The van der Waals surface area contributed by atoms with Crippen LogP contribution >= 0.6 is 11.6 Å². The third kappa shape index (κ3) is 5.34. The number of methoxy groups -OCH3 is 1. The fourth-order valence-corrected chi connectivity index (χ4v) is 10.2. The Morgan fingerprint density at radius 2 is 1.46 bits per heavy atom. The predicted octanol–water partition coefficient (Wildman–Crippen LogP) is 2.69. The molecule has 0 radical (unpaired) electrons. The van der Waals surface area contributed by atoms with Crippen molar-refractivity contribution < 1.29 is 34.3 Å². The summed E-state index contributed by atoms with van der Waals surface area (Å²) in [5, 5.41) is 43.9. The van der Waals surface area contributed by atoms with Gasteiger partial charge in [0, 0.05) is 17.7 Å². The molecule has 1 aliphatic rings. The quantitative estimate of drug-likeness (QED) is 0.307. The van der Waals surface area contributed by atoms with Crippen molar-refractivity contribution in [2.24, 2.45) is 0 Å². The summed E-state index contributed by atoms with van der Waals surface area (Å²) >= 11 is 6.66. The Hall–Kier alpha value is -2.11. The fraction of sp³-hybridized carbons (Fsp3) is 0.400. The molecule has 1 fully saturated rings. The molecule has 0 spiro atoms. The SMILES string of the molecule is COC1(c2ccc(Cl)c(CO[Si](c3ccccc3)(c3ccccc3)C(C)(C)C)c2)OC(CO)[C@@H](O)[C@H](O)C1O. The lowest BCUT2D eigenvalue weighted by Gasteiger charge is -2.47. The molecule has 0 aromatic heterocycles. The lowest BCUT2D eigenvalue weighted by Crippen LogP contribution is -2.66. The Balaban J connectivity index is 1.78. The number of rotatable bonds is 8. The number of hydrogen-bond acceptors (Lipinski definition) is 7. The summed E-state index contributed by atoms with van der Waals surface area (Å²) in [4.78, 5) is 0. The van der Waals surface area contributed by atoms with E-state index in [1.165, 1.54) is 7.11 Å². The molecule has 4 N–H and O–H groups in total. The van der Waals surface area contributed by atoms with Gasteiger partial charge in [-0.25, -0.2) is 0 Å². The van der Waals surface area contributed by atoms with Gasteiger partial charge < -0.3 is 34.3 Å². The normalized spacial score (nSPS) is 26.0. The second kappa shape index (κ2) is 11.8. The first-order valence-electron chi connectivity index (χ1n) is 12.9. The summed E-state index contributed by atoms with van der Waals surface area (Å²) in [5.74, 6) is -1.84. The van der Waals surface area contributed by atoms with Gasteiger partial charge in [-0.15, -0.1) is 0 Å². The zero-order valence-electron chi connectivity index (χ0n) is 22.6. The molecule has 0 amide bonds. The minimum Gasteiger partial charge on any atom is -0.403 e. The van der Waals surface area contributed by atoms with Gasteiger partial charge in [0.25, 0.3) is 8.32 Å².